The van der Waals surface area contributed by atoms with E-state index in [9.17, 15) is 0 Å². The van der Waals surface area contributed by atoms with Crippen LogP contribution in [0.25, 0.3) is 122 Å². The van der Waals surface area contributed by atoms with Gasteiger partial charge in [0.1, 0.15) is 0 Å². The van der Waals surface area contributed by atoms with E-state index < -0.39 is 0 Å². The fourth-order valence-electron chi connectivity index (χ4n) is 16.7. The molecular formula is C124H136N2. The van der Waals surface area contributed by atoms with Crippen molar-refractivity contribution in [2.24, 2.45) is 0 Å². The Morgan fingerprint density at radius 2 is 0.484 bits per heavy atom. The second-order valence-electron chi connectivity index (χ2n) is 42.1. The number of benzene rings is 15. The lowest BCUT2D eigenvalue weighted by atomic mass is 9.78. The Morgan fingerprint density at radius 3 is 0.873 bits per heavy atom. The van der Waals surface area contributed by atoms with Crippen LogP contribution in [-0.2, 0) is 43.3 Å². The molecule has 0 spiro atoms. The maximum atomic E-state index is 8.16. The van der Waals surface area contributed by atoms with Gasteiger partial charge in [0.15, 0.2) is 0 Å². The summed E-state index contributed by atoms with van der Waals surface area (Å²) in [6.45, 7) is 56.6. The minimum absolute atomic E-state index is 0.00185. The molecule has 0 saturated carbocycles. The van der Waals surface area contributed by atoms with Crippen molar-refractivity contribution in [3.63, 3.8) is 0 Å². The first-order valence-corrected chi connectivity index (χ1v) is 44.9. The van der Waals surface area contributed by atoms with E-state index in [0.717, 1.165) is 5.56 Å². The smallest absolute Gasteiger partial charge is 0.0632 e. The molecule has 15 aromatic carbocycles. The minimum atomic E-state index is -0.331. The fraction of sp³-hybridized carbons (Fsp3) is 0.274. The highest BCUT2D eigenvalue weighted by Gasteiger charge is 2.29. The van der Waals surface area contributed by atoms with Crippen molar-refractivity contribution < 1.29 is 11.0 Å². The summed E-state index contributed by atoms with van der Waals surface area (Å²) in [6, 6.07) is 110. The zero-order valence-electron chi connectivity index (χ0n) is 87.8. The Balaban J connectivity index is 0.000000139. The summed E-state index contributed by atoms with van der Waals surface area (Å²) >= 11 is 0. The Kier molecular flexibility index (Phi) is 23.7. The molecule has 2 aromatic heterocycles. The zero-order chi connectivity index (χ0) is 97.6. The molecule has 0 amide bonds. The molecule has 2 heterocycles. The number of para-hydroxylation sites is 4. The molecule has 642 valence electrons. The lowest BCUT2D eigenvalue weighted by Crippen LogP contribution is -2.15. The zero-order valence-corrected chi connectivity index (χ0v) is 79.8. The van der Waals surface area contributed by atoms with Crippen molar-refractivity contribution in [3.05, 3.63) is 407 Å². The van der Waals surface area contributed by atoms with Crippen LogP contribution in [0.2, 0.25) is 0 Å². The molecular weight excluding hydrogens is 1520 g/mol. The SMILES string of the molecule is CC(C)(C)c1ccc(-c2ccccc2)cc1.CC(C)(C)c1ccc2c(c1)-c1ccccc1-c1ccccc1-c1ccccc1-2.CC(C)(C)c1ccc2c(c1)c1cc(C(C)(C)C)ccc1n2-c1ccccc1C(C)(C)C.CC(C)(C)c1ccccc1-n1c2ccccc2c2ccccc21.[2H]c1c([2H])c(C)c([2H])c(-c2ccc(C(C)(C)C)cc2)c1[2H].[2H]c1c([2H])c(C)c([2H])c(C(C)(C)C)c1[2H]. The Hall–Kier alpha value is -12.1. The molecule has 0 radical (unpaired) electrons. The number of fused-ring (bicyclic) bond motifs is 14. The molecule has 126 heavy (non-hydrogen) atoms. The summed E-state index contributed by atoms with van der Waals surface area (Å²) in [5.41, 5.74) is 33.3. The highest BCUT2D eigenvalue weighted by Crippen LogP contribution is 2.49. The van der Waals surface area contributed by atoms with E-state index >= 15 is 0 Å². The van der Waals surface area contributed by atoms with E-state index in [1.165, 1.54) is 150 Å². The first-order valence-electron chi connectivity index (χ1n) is 48.9. The van der Waals surface area contributed by atoms with Crippen LogP contribution >= 0.6 is 0 Å². The van der Waals surface area contributed by atoms with Gasteiger partial charge in [0.2, 0.25) is 0 Å². The largest absolute Gasteiger partial charge is 0.309 e. The average Bonchev–Trinajstić information content (AvgIpc) is 1.53. The lowest BCUT2D eigenvalue weighted by molar-refractivity contribution is 0.587. The molecule has 0 fully saturated rings. The normalized spacial score (nSPS) is 13.1. The summed E-state index contributed by atoms with van der Waals surface area (Å²) in [5, 5.41) is 5.31. The number of aromatic nitrogens is 2. The van der Waals surface area contributed by atoms with Crippen molar-refractivity contribution in [1.29, 1.82) is 0 Å². The molecule has 17 aromatic rings. The van der Waals surface area contributed by atoms with Crippen LogP contribution < -0.4 is 0 Å². The van der Waals surface area contributed by atoms with Crippen molar-refractivity contribution in [3.8, 4) is 78.1 Å². The van der Waals surface area contributed by atoms with Gasteiger partial charge in [-0.05, 0) is 223 Å². The molecule has 18 rings (SSSR count). The molecule has 0 bridgehead atoms. The van der Waals surface area contributed by atoms with Gasteiger partial charge in [0.25, 0.3) is 0 Å². The van der Waals surface area contributed by atoms with E-state index in [2.05, 4.69) is 428 Å². The molecule has 1 aliphatic rings. The summed E-state index contributed by atoms with van der Waals surface area (Å²) < 4.78 is 67.7. The predicted molar refractivity (Wildman–Crippen MR) is 553 cm³/mol. The minimum Gasteiger partial charge on any atom is -0.309 e. The topological polar surface area (TPSA) is 9.86 Å². The highest BCUT2D eigenvalue weighted by molar-refractivity contribution is 6.11. The van der Waals surface area contributed by atoms with Gasteiger partial charge in [-0.25, -0.2) is 0 Å². The van der Waals surface area contributed by atoms with Gasteiger partial charge in [0.05, 0.1) is 33.0 Å². The van der Waals surface area contributed by atoms with Crippen LogP contribution in [0.1, 0.15) is 233 Å². The van der Waals surface area contributed by atoms with Gasteiger partial charge in [-0.3, -0.25) is 0 Å². The van der Waals surface area contributed by atoms with Crippen LogP contribution in [0.5, 0.6) is 0 Å². The number of nitrogens with zero attached hydrogens (tertiary/aromatic N) is 2. The van der Waals surface area contributed by atoms with Gasteiger partial charge in [-0.15, -0.1) is 0 Å². The first-order chi connectivity index (χ1) is 62.8. The third-order valence-corrected chi connectivity index (χ3v) is 24.0. The number of hydrogen-bond acceptors (Lipinski definition) is 0. The first kappa shape index (κ1) is 81.0. The number of rotatable bonds is 4. The van der Waals surface area contributed by atoms with Crippen LogP contribution in [0.3, 0.4) is 0 Å². The molecule has 2 heteroatoms. The lowest BCUT2D eigenvalue weighted by Gasteiger charge is -2.26. The fourth-order valence-corrected chi connectivity index (χ4v) is 16.7. The van der Waals surface area contributed by atoms with Gasteiger partial charge >= 0.3 is 0 Å². The summed E-state index contributed by atoms with van der Waals surface area (Å²) in [7, 11) is 0. The van der Waals surface area contributed by atoms with Crippen LogP contribution in [0, 0.1) is 13.8 Å². The van der Waals surface area contributed by atoms with Crippen LogP contribution in [0.15, 0.2) is 352 Å². The Morgan fingerprint density at radius 1 is 0.198 bits per heavy atom. The van der Waals surface area contributed by atoms with E-state index in [-0.39, 0.29) is 91.7 Å². The van der Waals surface area contributed by atoms with Crippen molar-refractivity contribution in [1.82, 2.24) is 9.13 Å². The molecule has 0 atom stereocenters. The second-order valence-corrected chi connectivity index (χ2v) is 42.1. The highest BCUT2D eigenvalue weighted by atomic mass is 15.0. The third kappa shape index (κ3) is 21.0. The van der Waals surface area contributed by atoms with Crippen molar-refractivity contribution >= 4 is 43.6 Å². The van der Waals surface area contributed by atoms with Crippen molar-refractivity contribution in [2.75, 3.05) is 0 Å². The molecule has 0 N–H and O–H groups in total. The molecule has 0 saturated heterocycles. The standard InChI is InChI=1S/C30H37N.C28H24.C22H21N.C17H20.C16H18.C11H16/c1-28(2,3)20-14-16-25-22(18-20)23-19-21(29(4,5)6)15-17-26(23)31(25)27-13-11-10-12-24(27)30(7,8)9;1-28(2,3)19-16-17-26-24-14-7-6-12-22(24)20-10-4-5-11-21(20)23-13-8-9-15-25(23)27(26)18-19;1-22(2,3)18-12-6-9-15-21(18)23-19-13-7-4-10-16(19)17-11-5-8-14-20(17)23;1-13-6-5-7-15(12-13)14-8-10-16(11-9-14)17(2,3)4;1-16(2,3)15-11-9-14(10-12-15)13-7-5-4-6-8-13;1-9-6-5-7-10(8-9)11(2,3)4/h10-19H,1-9H3;4-18H,1-3H3;4-15H,1-3H3;5-12H,1-4H3;4-12H,1-3H3;5-8H,1-4H3/i;;;5D,6D,7D,12D;;5D,6D,7D,8D. The van der Waals surface area contributed by atoms with Gasteiger partial charge in [-0.2, -0.15) is 0 Å². The second kappa shape index (κ2) is 36.8. The molecule has 0 aliphatic heterocycles. The van der Waals surface area contributed by atoms with Gasteiger partial charge in [0, 0.05) is 32.9 Å². The predicted octanol–water partition coefficient (Wildman–Crippen LogP) is 35.6. The summed E-state index contributed by atoms with van der Waals surface area (Å²) in [4.78, 5) is 0. The van der Waals surface area contributed by atoms with Gasteiger partial charge in [-0.1, -0.05) is 474 Å². The van der Waals surface area contributed by atoms with E-state index in [1.54, 1.807) is 13.8 Å². The molecule has 0 unspecified atom stereocenters. The van der Waals surface area contributed by atoms with Crippen LogP contribution in [0.4, 0.5) is 0 Å². The monoisotopic (exact) mass is 1660 g/mol. The average molecular weight is 1660 g/mol. The maximum absolute atomic E-state index is 8.16. The summed E-state index contributed by atoms with van der Waals surface area (Å²) in [5.74, 6) is 0. The van der Waals surface area contributed by atoms with E-state index in [4.69, 9.17) is 11.0 Å². The van der Waals surface area contributed by atoms with Crippen molar-refractivity contribution in [2.45, 2.75) is 223 Å². The molecule has 2 nitrogen and oxygen atoms in total. The molecule has 1 aliphatic carbocycles. The number of hydrogen-bond donors (Lipinski definition) is 0. The Labute approximate surface area is 767 Å². The quantitative estimate of drug-likeness (QED) is 0.166. The maximum Gasteiger partial charge on any atom is 0.0632 e. The Bertz CT molecular complexity index is 6950. The summed E-state index contributed by atoms with van der Waals surface area (Å²) in [6.07, 6.45) is 0. The third-order valence-electron chi connectivity index (χ3n) is 24.0. The van der Waals surface area contributed by atoms with Gasteiger partial charge < -0.3 is 9.13 Å². The van der Waals surface area contributed by atoms with Crippen LogP contribution in [-0.4, -0.2) is 9.13 Å². The van der Waals surface area contributed by atoms with E-state index in [1.807, 2.05) is 51.1 Å². The van der Waals surface area contributed by atoms with E-state index in [0.29, 0.717) is 22.3 Å².